The van der Waals surface area contributed by atoms with E-state index in [0.29, 0.717) is 0 Å². The van der Waals surface area contributed by atoms with Crippen molar-refractivity contribution in [3.8, 4) is 0 Å². The Labute approximate surface area is 104 Å². The predicted molar refractivity (Wildman–Crippen MR) is 67.6 cm³/mol. The summed E-state index contributed by atoms with van der Waals surface area (Å²) in [5, 5.41) is 0. The van der Waals surface area contributed by atoms with Crippen LogP contribution in [0.5, 0.6) is 0 Å². The summed E-state index contributed by atoms with van der Waals surface area (Å²) in [6.07, 6.45) is 3.42. The number of ether oxygens (including phenoxy) is 1. The number of unbranched alkanes of at least 4 members (excludes halogenated alkanes) is 2. The monoisotopic (exact) mass is 243 g/mol. The van der Waals surface area contributed by atoms with Crippen molar-refractivity contribution >= 4 is 11.9 Å². The largest absolute Gasteiger partial charge is 0.453 e. The van der Waals surface area contributed by atoms with Gasteiger partial charge in [-0.2, -0.15) is 0 Å². The van der Waals surface area contributed by atoms with Crippen LogP contribution in [0.1, 0.15) is 53.4 Å². The van der Waals surface area contributed by atoms with Crippen molar-refractivity contribution in [2.75, 3.05) is 13.1 Å². The van der Waals surface area contributed by atoms with Crippen molar-refractivity contribution in [1.82, 2.24) is 4.90 Å². The first-order valence-electron chi connectivity index (χ1n) is 6.48. The standard InChI is InChI=1S/C13H25NO3/c1-5-7-9-14(10-8-6-2)13(16)11(3)17-12(4)15/h11H,5-10H2,1-4H3. The maximum atomic E-state index is 12.0. The van der Waals surface area contributed by atoms with E-state index in [1.165, 1.54) is 6.92 Å². The van der Waals surface area contributed by atoms with Gasteiger partial charge in [0.1, 0.15) is 0 Å². The van der Waals surface area contributed by atoms with Gasteiger partial charge in [0.05, 0.1) is 0 Å². The van der Waals surface area contributed by atoms with Crippen LogP contribution in [-0.4, -0.2) is 36.0 Å². The highest BCUT2D eigenvalue weighted by atomic mass is 16.5. The summed E-state index contributed by atoms with van der Waals surface area (Å²) in [7, 11) is 0. The first kappa shape index (κ1) is 15.9. The second kappa shape index (κ2) is 9.02. The molecule has 0 aliphatic carbocycles. The molecule has 0 rings (SSSR count). The van der Waals surface area contributed by atoms with Crippen LogP contribution in [0.3, 0.4) is 0 Å². The zero-order chi connectivity index (χ0) is 13.3. The van der Waals surface area contributed by atoms with Gasteiger partial charge >= 0.3 is 5.97 Å². The Hall–Kier alpha value is -1.06. The normalized spacial score (nSPS) is 12.0. The molecule has 0 saturated heterocycles. The molecule has 100 valence electrons. The molecule has 0 radical (unpaired) electrons. The van der Waals surface area contributed by atoms with Gasteiger partial charge < -0.3 is 9.64 Å². The number of amides is 1. The van der Waals surface area contributed by atoms with E-state index in [9.17, 15) is 9.59 Å². The molecule has 0 aromatic carbocycles. The average Bonchev–Trinajstić information content (AvgIpc) is 2.27. The van der Waals surface area contributed by atoms with Gasteiger partial charge in [0.15, 0.2) is 6.10 Å². The number of carbonyl (C=O) groups excluding carboxylic acids is 2. The first-order valence-corrected chi connectivity index (χ1v) is 6.48. The lowest BCUT2D eigenvalue weighted by molar-refractivity contribution is -0.157. The molecule has 0 aromatic rings. The number of nitrogens with zero attached hydrogens (tertiary/aromatic N) is 1. The highest BCUT2D eigenvalue weighted by molar-refractivity contribution is 5.83. The zero-order valence-corrected chi connectivity index (χ0v) is 11.5. The van der Waals surface area contributed by atoms with Gasteiger partial charge in [0, 0.05) is 20.0 Å². The van der Waals surface area contributed by atoms with Gasteiger partial charge in [-0.25, -0.2) is 0 Å². The molecule has 0 bridgehead atoms. The molecule has 0 heterocycles. The molecule has 0 aliphatic rings. The lowest BCUT2D eigenvalue weighted by Crippen LogP contribution is -2.40. The van der Waals surface area contributed by atoms with Gasteiger partial charge in [-0.15, -0.1) is 0 Å². The average molecular weight is 243 g/mol. The summed E-state index contributed by atoms with van der Waals surface area (Å²) < 4.78 is 4.92. The summed E-state index contributed by atoms with van der Waals surface area (Å²) in [5.74, 6) is -0.487. The molecule has 0 aromatic heterocycles. The van der Waals surface area contributed by atoms with Crippen LogP contribution < -0.4 is 0 Å². The number of hydrogen-bond acceptors (Lipinski definition) is 3. The van der Waals surface area contributed by atoms with Gasteiger partial charge in [-0.3, -0.25) is 9.59 Å². The number of esters is 1. The third kappa shape index (κ3) is 6.97. The minimum atomic E-state index is -0.666. The van der Waals surface area contributed by atoms with Crippen LogP contribution in [0.4, 0.5) is 0 Å². The third-order valence-electron chi connectivity index (χ3n) is 2.57. The van der Waals surface area contributed by atoms with Crippen molar-refractivity contribution in [2.45, 2.75) is 59.5 Å². The zero-order valence-electron chi connectivity index (χ0n) is 11.5. The molecule has 1 unspecified atom stereocenters. The molecule has 17 heavy (non-hydrogen) atoms. The fourth-order valence-corrected chi connectivity index (χ4v) is 1.59. The molecule has 4 nitrogen and oxygen atoms in total. The summed E-state index contributed by atoms with van der Waals surface area (Å²) in [6, 6.07) is 0. The van der Waals surface area contributed by atoms with Gasteiger partial charge in [-0.1, -0.05) is 26.7 Å². The predicted octanol–water partition coefficient (Wildman–Crippen LogP) is 2.37. The molecule has 1 amide bonds. The van der Waals surface area contributed by atoms with Gasteiger partial charge in [0.25, 0.3) is 5.91 Å². The highest BCUT2D eigenvalue weighted by Gasteiger charge is 2.21. The van der Waals surface area contributed by atoms with E-state index < -0.39 is 12.1 Å². The van der Waals surface area contributed by atoms with Crippen LogP contribution in [-0.2, 0) is 14.3 Å². The molecule has 4 heteroatoms. The molecule has 0 fully saturated rings. The summed E-state index contributed by atoms with van der Waals surface area (Å²) in [4.78, 5) is 24.7. The minimum Gasteiger partial charge on any atom is -0.453 e. The summed E-state index contributed by atoms with van der Waals surface area (Å²) in [5.41, 5.74) is 0. The van der Waals surface area contributed by atoms with Gasteiger partial charge in [-0.05, 0) is 19.8 Å². The van der Waals surface area contributed by atoms with Crippen LogP contribution >= 0.6 is 0 Å². The fourth-order valence-electron chi connectivity index (χ4n) is 1.59. The molecular formula is C13H25NO3. The van der Waals surface area contributed by atoms with Crippen LogP contribution in [0.25, 0.3) is 0 Å². The van der Waals surface area contributed by atoms with Crippen molar-refractivity contribution in [2.24, 2.45) is 0 Å². The molecule has 0 aliphatic heterocycles. The lowest BCUT2D eigenvalue weighted by atomic mass is 10.2. The Morgan fingerprint density at radius 1 is 1.12 bits per heavy atom. The molecule has 0 spiro atoms. The van der Waals surface area contributed by atoms with E-state index in [4.69, 9.17) is 4.74 Å². The van der Waals surface area contributed by atoms with Crippen molar-refractivity contribution in [3.63, 3.8) is 0 Å². The Kier molecular flexibility index (Phi) is 8.46. The van der Waals surface area contributed by atoms with E-state index in [1.54, 1.807) is 11.8 Å². The molecule has 0 saturated carbocycles. The number of rotatable bonds is 8. The Morgan fingerprint density at radius 3 is 1.94 bits per heavy atom. The molecule has 0 N–H and O–H groups in total. The van der Waals surface area contributed by atoms with E-state index in [2.05, 4.69) is 13.8 Å². The summed E-state index contributed by atoms with van der Waals surface area (Å²) >= 11 is 0. The second-order valence-corrected chi connectivity index (χ2v) is 4.28. The third-order valence-corrected chi connectivity index (χ3v) is 2.57. The van der Waals surface area contributed by atoms with Crippen molar-refractivity contribution < 1.29 is 14.3 Å². The maximum Gasteiger partial charge on any atom is 0.303 e. The van der Waals surface area contributed by atoms with Crippen LogP contribution in [0, 0.1) is 0 Å². The smallest absolute Gasteiger partial charge is 0.303 e. The highest BCUT2D eigenvalue weighted by Crippen LogP contribution is 2.05. The topological polar surface area (TPSA) is 46.6 Å². The van der Waals surface area contributed by atoms with Crippen LogP contribution in [0.15, 0.2) is 0 Å². The van der Waals surface area contributed by atoms with E-state index >= 15 is 0 Å². The molecule has 1 atom stereocenters. The Bertz CT molecular complexity index is 233. The van der Waals surface area contributed by atoms with E-state index in [1.807, 2.05) is 0 Å². The fraction of sp³-hybridized carbons (Fsp3) is 0.846. The van der Waals surface area contributed by atoms with Gasteiger partial charge in [0.2, 0.25) is 0 Å². The minimum absolute atomic E-state index is 0.0814. The maximum absolute atomic E-state index is 12.0. The first-order chi connectivity index (χ1) is 8.02. The van der Waals surface area contributed by atoms with Crippen molar-refractivity contribution in [1.29, 1.82) is 0 Å². The Balaban J connectivity index is 4.32. The van der Waals surface area contributed by atoms with Crippen molar-refractivity contribution in [3.05, 3.63) is 0 Å². The van der Waals surface area contributed by atoms with Crippen LogP contribution in [0.2, 0.25) is 0 Å². The lowest BCUT2D eigenvalue weighted by Gasteiger charge is -2.25. The number of carbonyl (C=O) groups is 2. The summed E-state index contributed by atoms with van der Waals surface area (Å²) in [6.45, 7) is 8.65. The van der Waals surface area contributed by atoms with E-state index in [0.717, 1.165) is 38.8 Å². The quantitative estimate of drug-likeness (QED) is 0.615. The molecular weight excluding hydrogens is 218 g/mol. The second-order valence-electron chi connectivity index (χ2n) is 4.28. The Morgan fingerprint density at radius 2 is 1.59 bits per heavy atom. The number of hydrogen-bond donors (Lipinski definition) is 0. The van der Waals surface area contributed by atoms with E-state index in [-0.39, 0.29) is 5.91 Å². The SMILES string of the molecule is CCCCN(CCCC)C(=O)C(C)OC(C)=O.